The first kappa shape index (κ1) is 24.2. The van der Waals surface area contributed by atoms with Gasteiger partial charge in [0.25, 0.3) is 5.91 Å². The summed E-state index contributed by atoms with van der Waals surface area (Å²) in [6, 6.07) is 12.1. The van der Waals surface area contributed by atoms with Crippen molar-refractivity contribution in [3.63, 3.8) is 0 Å². The lowest BCUT2D eigenvalue weighted by Crippen LogP contribution is -2.49. The maximum Gasteiger partial charge on any atom is 0.261 e. The van der Waals surface area contributed by atoms with Gasteiger partial charge in [0.2, 0.25) is 5.91 Å². The Balaban J connectivity index is 2.13. The number of halogens is 2. The van der Waals surface area contributed by atoms with Crippen molar-refractivity contribution in [2.45, 2.75) is 40.3 Å². The van der Waals surface area contributed by atoms with Gasteiger partial charge in [-0.25, -0.2) is 0 Å². The van der Waals surface area contributed by atoms with Crippen molar-refractivity contribution in [3.05, 3.63) is 63.1 Å². The van der Waals surface area contributed by atoms with Gasteiger partial charge >= 0.3 is 0 Å². The third kappa shape index (κ3) is 7.33. The zero-order valence-electron chi connectivity index (χ0n) is 17.7. The number of hydrogen-bond acceptors (Lipinski definition) is 3. The summed E-state index contributed by atoms with van der Waals surface area (Å²) in [5.41, 5.74) is 1.90. The monoisotopic (exact) mass is 494 g/mol. The maximum absolute atomic E-state index is 13.0. The molecule has 0 radical (unpaired) electrons. The number of nitrogens with one attached hydrogen (secondary N) is 1. The van der Waals surface area contributed by atoms with Crippen LogP contribution >= 0.6 is 27.5 Å². The standard InChI is InChI=1S/C23H28BrClN2O3/c1-15(2)12-26-23(29)17(4)27(13-18-5-7-19(25)8-6-18)22(28)14-30-20-9-10-21(24)16(3)11-20/h5-11,15,17H,12-14H2,1-4H3,(H,26,29)/t17-/m1/s1. The maximum atomic E-state index is 13.0. The quantitative estimate of drug-likeness (QED) is 0.534. The van der Waals surface area contributed by atoms with Gasteiger partial charge in [0, 0.05) is 22.6 Å². The van der Waals surface area contributed by atoms with Gasteiger partial charge in [-0.2, -0.15) is 0 Å². The second kappa shape index (κ2) is 11.4. The molecule has 1 N–H and O–H groups in total. The molecule has 2 amide bonds. The van der Waals surface area contributed by atoms with Crippen molar-refractivity contribution in [2.75, 3.05) is 13.2 Å². The van der Waals surface area contributed by atoms with Crippen molar-refractivity contribution in [1.29, 1.82) is 0 Å². The molecule has 2 aromatic carbocycles. The smallest absolute Gasteiger partial charge is 0.261 e. The van der Waals surface area contributed by atoms with Gasteiger partial charge in [-0.1, -0.05) is 53.5 Å². The molecule has 162 valence electrons. The van der Waals surface area contributed by atoms with Crippen LogP contribution in [0.5, 0.6) is 5.75 Å². The number of amides is 2. The fourth-order valence-corrected chi connectivity index (χ4v) is 3.13. The lowest BCUT2D eigenvalue weighted by molar-refractivity contribution is -0.142. The molecule has 7 heteroatoms. The fourth-order valence-electron chi connectivity index (χ4n) is 2.76. The van der Waals surface area contributed by atoms with E-state index in [1.807, 2.05) is 45.0 Å². The Morgan fingerprint density at radius 1 is 1.13 bits per heavy atom. The Hall–Kier alpha value is -2.05. The van der Waals surface area contributed by atoms with E-state index < -0.39 is 6.04 Å². The van der Waals surface area contributed by atoms with E-state index in [4.69, 9.17) is 16.3 Å². The van der Waals surface area contributed by atoms with E-state index in [1.54, 1.807) is 25.1 Å². The van der Waals surface area contributed by atoms with Gasteiger partial charge in [0.05, 0.1) is 0 Å². The highest BCUT2D eigenvalue weighted by atomic mass is 79.9. The van der Waals surface area contributed by atoms with Crippen molar-refractivity contribution < 1.29 is 14.3 Å². The normalized spacial score (nSPS) is 11.8. The largest absolute Gasteiger partial charge is 0.484 e. The molecule has 0 aliphatic rings. The minimum Gasteiger partial charge on any atom is -0.484 e. The molecule has 5 nitrogen and oxygen atoms in total. The first-order valence-electron chi connectivity index (χ1n) is 9.88. The van der Waals surface area contributed by atoms with Crippen LogP contribution in [-0.2, 0) is 16.1 Å². The zero-order valence-corrected chi connectivity index (χ0v) is 20.1. The van der Waals surface area contributed by atoms with Crippen molar-refractivity contribution in [2.24, 2.45) is 5.92 Å². The first-order valence-corrected chi connectivity index (χ1v) is 11.0. The number of ether oxygens (including phenoxy) is 1. The molecule has 30 heavy (non-hydrogen) atoms. The van der Waals surface area contributed by atoms with Gasteiger partial charge in [0.15, 0.2) is 6.61 Å². The lowest BCUT2D eigenvalue weighted by Gasteiger charge is -2.29. The van der Waals surface area contributed by atoms with E-state index >= 15 is 0 Å². The Bertz CT molecular complexity index is 871. The second-order valence-corrected chi connectivity index (χ2v) is 8.95. The topological polar surface area (TPSA) is 58.6 Å². The first-order chi connectivity index (χ1) is 14.2. The summed E-state index contributed by atoms with van der Waals surface area (Å²) in [6.07, 6.45) is 0. The number of nitrogens with zero attached hydrogens (tertiary/aromatic N) is 1. The molecule has 1 atom stereocenters. The Morgan fingerprint density at radius 3 is 2.40 bits per heavy atom. The molecule has 0 saturated heterocycles. The Labute approximate surface area is 191 Å². The molecule has 0 bridgehead atoms. The number of hydrogen-bond donors (Lipinski definition) is 1. The molecular weight excluding hydrogens is 468 g/mol. The van der Waals surface area contributed by atoms with E-state index in [1.165, 1.54) is 4.90 Å². The van der Waals surface area contributed by atoms with E-state index in [2.05, 4.69) is 21.2 Å². The van der Waals surface area contributed by atoms with Crippen molar-refractivity contribution in [1.82, 2.24) is 10.2 Å². The zero-order chi connectivity index (χ0) is 22.3. The number of rotatable bonds is 9. The molecule has 2 rings (SSSR count). The average Bonchev–Trinajstić information content (AvgIpc) is 2.71. The number of carbonyl (C=O) groups is 2. The summed E-state index contributed by atoms with van der Waals surface area (Å²) in [6.45, 7) is 8.41. The van der Waals surface area contributed by atoms with Crippen LogP contribution in [0.2, 0.25) is 5.02 Å². The molecule has 0 heterocycles. The van der Waals surface area contributed by atoms with Gasteiger partial charge in [-0.3, -0.25) is 9.59 Å². The minimum absolute atomic E-state index is 0.156. The van der Waals surface area contributed by atoms with Crippen LogP contribution in [0.3, 0.4) is 0 Å². The van der Waals surface area contributed by atoms with Crippen molar-refractivity contribution >= 4 is 39.3 Å². The van der Waals surface area contributed by atoms with Crippen LogP contribution < -0.4 is 10.1 Å². The molecule has 0 saturated carbocycles. The molecular formula is C23H28BrClN2O3. The third-order valence-electron chi connectivity index (χ3n) is 4.61. The van der Waals surface area contributed by atoms with Crippen LogP contribution in [0.4, 0.5) is 0 Å². The van der Waals surface area contributed by atoms with Crippen LogP contribution in [0.1, 0.15) is 31.9 Å². The fraction of sp³-hybridized carbons (Fsp3) is 0.391. The second-order valence-electron chi connectivity index (χ2n) is 7.66. The summed E-state index contributed by atoms with van der Waals surface area (Å²) in [5.74, 6) is 0.473. The van der Waals surface area contributed by atoms with Crippen molar-refractivity contribution in [3.8, 4) is 5.75 Å². The van der Waals surface area contributed by atoms with E-state index in [9.17, 15) is 9.59 Å². The highest BCUT2D eigenvalue weighted by molar-refractivity contribution is 9.10. The summed E-state index contributed by atoms with van der Waals surface area (Å²) in [4.78, 5) is 27.2. The molecule has 0 spiro atoms. The molecule has 0 aromatic heterocycles. The summed E-state index contributed by atoms with van der Waals surface area (Å²) < 4.78 is 6.68. The summed E-state index contributed by atoms with van der Waals surface area (Å²) in [7, 11) is 0. The van der Waals surface area contributed by atoms with Crippen LogP contribution in [0, 0.1) is 12.8 Å². The van der Waals surface area contributed by atoms with E-state index in [-0.39, 0.29) is 25.0 Å². The van der Waals surface area contributed by atoms with Gasteiger partial charge in [0.1, 0.15) is 11.8 Å². The minimum atomic E-state index is -0.637. The van der Waals surface area contributed by atoms with Gasteiger partial charge in [-0.15, -0.1) is 0 Å². The molecule has 0 aliphatic heterocycles. The molecule has 0 aliphatic carbocycles. The van der Waals surface area contributed by atoms with Gasteiger partial charge < -0.3 is 15.0 Å². The number of aryl methyl sites for hydroxylation is 1. The Kier molecular flexibility index (Phi) is 9.18. The van der Waals surface area contributed by atoms with E-state index in [0.29, 0.717) is 23.2 Å². The lowest BCUT2D eigenvalue weighted by atomic mass is 10.1. The summed E-state index contributed by atoms with van der Waals surface area (Å²) in [5, 5.41) is 3.52. The van der Waals surface area contributed by atoms with E-state index in [0.717, 1.165) is 15.6 Å². The van der Waals surface area contributed by atoms with Gasteiger partial charge in [-0.05, 0) is 61.2 Å². The van der Waals surface area contributed by atoms with Crippen LogP contribution in [-0.4, -0.2) is 35.9 Å². The summed E-state index contributed by atoms with van der Waals surface area (Å²) >= 11 is 9.42. The van der Waals surface area contributed by atoms with Crippen LogP contribution in [0.25, 0.3) is 0 Å². The third-order valence-corrected chi connectivity index (χ3v) is 5.75. The SMILES string of the molecule is Cc1cc(OCC(=O)N(Cc2ccc(Cl)cc2)[C@H](C)C(=O)NCC(C)C)ccc1Br. The number of benzene rings is 2. The van der Waals surface area contributed by atoms with Crippen LogP contribution in [0.15, 0.2) is 46.9 Å². The number of carbonyl (C=O) groups excluding carboxylic acids is 2. The predicted octanol–water partition coefficient (Wildman–Crippen LogP) is 4.98. The molecule has 0 fully saturated rings. The average molecular weight is 496 g/mol. The Morgan fingerprint density at radius 2 is 1.80 bits per heavy atom. The molecule has 0 unspecified atom stereocenters. The highest BCUT2D eigenvalue weighted by Gasteiger charge is 2.26. The molecule has 2 aromatic rings. The highest BCUT2D eigenvalue weighted by Crippen LogP contribution is 2.22. The predicted molar refractivity (Wildman–Crippen MR) is 124 cm³/mol.